The summed E-state index contributed by atoms with van der Waals surface area (Å²) in [6.07, 6.45) is 1.56. The van der Waals surface area contributed by atoms with Crippen molar-refractivity contribution in [2.75, 3.05) is 25.1 Å². The van der Waals surface area contributed by atoms with Crippen LogP contribution in [-0.2, 0) is 14.8 Å². The molecule has 0 saturated heterocycles. The molecule has 0 spiro atoms. The van der Waals surface area contributed by atoms with Gasteiger partial charge in [-0.1, -0.05) is 24.3 Å². The van der Waals surface area contributed by atoms with Crippen LogP contribution in [0.5, 0.6) is 11.5 Å². The van der Waals surface area contributed by atoms with E-state index in [0.29, 0.717) is 11.5 Å². The number of hydrazone groups is 1. The molecule has 4 rings (SSSR count). The quantitative estimate of drug-likeness (QED) is 0.210. The molecule has 1 amide bonds. The summed E-state index contributed by atoms with van der Waals surface area (Å²) in [5.74, 6) is 0.148. The minimum absolute atomic E-state index is 0.0462. The van der Waals surface area contributed by atoms with E-state index >= 15 is 0 Å². The number of amides is 1. The van der Waals surface area contributed by atoms with Crippen molar-refractivity contribution in [2.45, 2.75) is 32.6 Å². The van der Waals surface area contributed by atoms with Gasteiger partial charge in [-0.3, -0.25) is 9.10 Å². The van der Waals surface area contributed by atoms with E-state index in [2.05, 4.69) is 47.1 Å². The number of rotatable bonds is 10. The van der Waals surface area contributed by atoms with Crippen molar-refractivity contribution < 1.29 is 22.7 Å². The number of nitrogens with one attached hydrogen (secondary N) is 1. The number of carbonyl (C=O) groups excluding carboxylic acids is 1. The van der Waals surface area contributed by atoms with Crippen molar-refractivity contribution in [1.82, 2.24) is 9.99 Å². The van der Waals surface area contributed by atoms with Gasteiger partial charge in [-0.05, 0) is 81.3 Å². The van der Waals surface area contributed by atoms with Crippen molar-refractivity contribution >= 4 is 27.8 Å². The smallest absolute Gasteiger partial charge is 0.264 e. The van der Waals surface area contributed by atoms with Crippen molar-refractivity contribution in [2.24, 2.45) is 5.10 Å². The fourth-order valence-electron chi connectivity index (χ4n) is 4.53. The standard InChI is InChI=1S/C31H34N4O5S/c1-21-12-13-27(16-22(21)2)35-23(3)17-25(24(35)4)19-32-33-31(36)20-34(41(37,38)28-10-8-7-9-11-28)26-14-15-29(39-5)30(18-26)40-6/h7-19H,20H2,1-6H3,(H,33,36)/b32-19+. The van der Waals surface area contributed by atoms with Crippen LogP contribution in [0, 0.1) is 27.7 Å². The third-order valence-electron chi connectivity index (χ3n) is 6.89. The van der Waals surface area contributed by atoms with E-state index in [9.17, 15) is 13.2 Å². The molecule has 10 heteroatoms. The van der Waals surface area contributed by atoms with Crippen molar-refractivity contribution in [3.05, 3.63) is 101 Å². The lowest BCUT2D eigenvalue weighted by Gasteiger charge is -2.24. The lowest BCUT2D eigenvalue weighted by molar-refractivity contribution is -0.119. The largest absolute Gasteiger partial charge is 0.493 e. The minimum Gasteiger partial charge on any atom is -0.493 e. The molecule has 0 bridgehead atoms. The third-order valence-corrected chi connectivity index (χ3v) is 8.67. The molecule has 0 aliphatic rings. The van der Waals surface area contributed by atoms with Crippen LogP contribution >= 0.6 is 0 Å². The average Bonchev–Trinajstić information content (AvgIpc) is 3.25. The number of aryl methyl sites for hydroxylation is 3. The highest BCUT2D eigenvalue weighted by Gasteiger charge is 2.28. The SMILES string of the molecule is COc1ccc(N(CC(=O)N/N=C/c2cc(C)n(-c3ccc(C)c(C)c3)c2C)S(=O)(=O)c2ccccc2)cc1OC. The molecular formula is C31H34N4O5S. The van der Waals surface area contributed by atoms with E-state index in [1.165, 1.54) is 43.5 Å². The molecule has 0 aliphatic heterocycles. The summed E-state index contributed by atoms with van der Waals surface area (Å²) in [6.45, 7) is 7.64. The first-order valence-electron chi connectivity index (χ1n) is 12.9. The average molecular weight is 575 g/mol. The molecule has 0 unspecified atom stereocenters. The molecular weight excluding hydrogens is 540 g/mol. The zero-order valence-electron chi connectivity index (χ0n) is 24.0. The zero-order chi connectivity index (χ0) is 29.7. The topological polar surface area (TPSA) is 102 Å². The van der Waals surface area contributed by atoms with Gasteiger partial charge < -0.3 is 14.0 Å². The maximum absolute atomic E-state index is 13.6. The molecule has 0 saturated carbocycles. The molecule has 0 atom stereocenters. The molecule has 41 heavy (non-hydrogen) atoms. The molecule has 4 aromatic rings. The highest BCUT2D eigenvalue weighted by molar-refractivity contribution is 7.92. The number of methoxy groups -OCH3 is 2. The number of hydrogen-bond donors (Lipinski definition) is 1. The molecule has 0 radical (unpaired) electrons. The van der Waals surface area contributed by atoms with E-state index in [1.54, 1.807) is 36.5 Å². The number of hydrogen-bond acceptors (Lipinski definition) is 6. The van der Waals surface area contributed by atoms with Crippen LogP contribution in [0.25, 0.3) is 5.69 Å². The number of nitrogens with zero attached hydrogens (tertiary/aromatic N) is 3. The summed E-state index contributed by atoms with van der Waals surface area (Å²) in [5.41, 5.74) is 8.99. The molecule has 1 aromatic heterocycles. The van der Waals surface area contributed by atoms with Crippen LogP contribution in [0.3, 0.4) is 0 Å². The van der Waals surface area contributed by atoms with Crippen LogP contribution in [0.2, 0.25) is 0 Å². The van der Waals surface area contributed by atoms with Crippen LogP contribution < -0.4 is 19.2 Å². The monoisotopic (exact) mass is 574 g/mol. The summed E-state index contributed by atoms with van der Waals surface area (Å²) in [6, 6.07) is 20.8. The Balaban J connectivity index is 1.59. The number of ether oxygens (including phenoxy) is 2. The van der Waals surface area contributed by atoms with Gasteiger partial charge in [-0.2, -0.15) is 5.10 Å². The summed E-state index contributed by atoms with van der Waals surface area (Å²) in [4.78, 5) is 13.1. The van der Waals surface area contributed by atoms with Crippen molar-refractivity contribution in [3.63, 3.8) is 0 Å². The fraction of sp³-hybridized carbons (Fsp3) is 0.226. The van der Waals surface area contributed by atoms with Gasteiger partial charge in [0.1, 0.15) is 6.54 Å². The maximum atomic E-state index is 13.6. The Morgan fingerprint density at radius 3 is 2.27 bits per heavy atom. The molecule has 0 aliphatic carbocycles. The highest BCUT2D eigenvalue weighted by Crippen LogP contribution is 2.33. The lowest BCUT2D eigenvalue weighted by atomic mass is 10.1. The summed E-state index contributed by atoms with van der Waals surface area (Å²) >= 11 is 0. The van der Waals surface area contributed by atoms with Crippen LogP contribution in [0.1, 0.15) is 28.1 Å². The normalized spacial score (nSPS) is 11.5. The van der Waals surface area contributed by atoms with Gasteiger partial charge in [0.15, 0.2) is 11.5 Å². The highest BCUT2D eigenvalue weighted by atomic mass is 32.2. The summed E-state index contributed by atoms with van der Waals surface area (Å²) < 4.78 is 41.0. The maximum Gasteiger partial charge on any atom is 0.264 e. The van der Waals surface area contributed by atoms with E-state index in [-0.39, 0.29) is 10.6 Å². The molecule has 3 aromatic carbocycles. The molecule has 9 nitrogen and oxygen atoms in total. The Kier molecular flexibility index (Phi) is 8.83. The number of benzene rings is 3. The predicted octanol–water partition coefficient (Wildman–Crippen LogP) is 5.07. The zero-order valence-corrected chi connectivity index (χ0v) is 24.8. The van der Waals surface area contributed by atoms with Gasteiger partial charge in [0.25, 0.3) is 15.9 Å². The van der Waals surface area contributed by atoms with Gasteiger partial charge in [-0.15, -0.1) is 0 Å². The summed E-state index contributed by atoms with van der Waals surface area (Å²) in [5, 5.41) is 4.14. The second kappa shape index (κ2) is 12.3. The third kappa shape index (κ3) is 6.28. The first kappa shape index (κ1) is 29.4. The van der Waals surface area contributed by atoms with E-state index in [4.69, 9.17) is 9.47 Å². The summed E-state index contributed by atoms with van der Waals surface area (Å²) in [7, 11) is -1.16. The molecule has 1 N–H and O–H groups in total. The van der Waals surface area contributed by atoms with Gasteiger partial charge >= 0.3 is 0 Å². The Hall–Kier alpha value is -4.57. The minimum atomic E-state index is -4.10. The van der Waals surface area contributed by atoms with Gasteiger partial charge in [0.05, 0.1) is 31.0 Å². The second-order valence-electron chi connectivity index (χ2n) is 9.59. The Morgan fingerprint density at radius 2 is 1.61 bits per heavy atom. The van der Waals surface area contributed by atoms with Gasteiger partial charge in [-0.25, -0.2) is 13.8 Å². The second-order valence-corrected chi connectivity index (χ2v) is 11.4. The van der Waals surface area contributed by atoms with Crippen molar-refractivity contribution in [1.29, 1.82) is 0 Å². The van der Waals surface area contributed by atoms with Gasteiger partial charge in [0.2, 0.25) is 0 Å². The molecule has 0 fully saturated rings. The van der Waals surface area contributed by atoms with E-state index in [1.807, 2.05) is 19.9 Å². The molecule has 214 valence electrons. The number of carbonyl (C=O) groups is 1. The number of sulfonamides is 1. The number of aromatic nitrogens is 1. The van der Waals surface area contributed by atoms with Gasteiger partial charge in [0, 0.05) is 28.7 Å². The van der Waals surface area contributed by atoms with E-state index < -0.39 is 22.5 Å². The number of anilines is 1. The Morgan fingerprint density at radius 1 is 0.902 bits per heavy atom. The van der Waals surface area contributed by atoms with Crippen LogP contribution in [-0.4, -0.2) is 45.9 Å². The fourth-order valence-corrected chi connectivity index (χ4v) is 5.97. The first-order chi connectivity index (χ1) is 19.6. The lowest BCUT2D eigenvalue weighted by Crippen LogP contribution is -2.39. The van der Waals surface area contributed by atoms with Crippen LogP contribution in [0.4, 0.5) is 5.69 Å². The van der Waals surface area contributed by atoms with Crippen LogP contribution in [0.15, 0.2) is 82.8 Å². The van der Waals surface area contributed by atoms with Crippen molar-refractivity contribution in [3.8, 4) is 17.2 Å². The molecule has 1 heterocycles. The Bertz CT molecular complexity index is 1700. The predicted molar refractivity (Wildman–Crippen MR) is 161 cm³/mol. The van der Waals surface area contributed by atoms with E-state index in [0.717, 1.165) is 26.9 Å². The first-order valence-corrected chi connectivity index (χ1v) is 14.4. The Labute approximate surface area is 241 Å².